The SMILES string of the molecule is COC(C)(C)C(=O)NC1(C(=O)O)CCCC1. The third-order valence-electron chi connectivity index (χ3n) is 3.28. The maximum atomic E-state index is 11.9. The van der Waals surface area contributed by atoms with Crippen molar-refractivity contribution in [2.24, 2.45) is 0 Å². The van der Waals surface area contributed by atoms with Crippen LogP contribution in [0.15, 0.2) is 0 Å². The Morgan fingerprint density at radius 2 is 1.81 bits per heavy atom. The zero-order valence-electron chi connectivity index (χ0n) is 10.0. The van der Waals surface area contributed by atoms with Crippen molar-refractivity contribution in [2.45, 2.75) is 50.7 Å². The number of carbonyl (C=O) groups excluding carboxylic acids is 1. The van der Waals surface area contributed by atoms with Gasteiger partial charge in [-0.25, -0.2) is 4.79 Å². The zero-order valence-corrected chi connectivity index (χ0v) is 10.0. The Balaban J connectivity index is 2.78. The van der Waals surface area contributed by atoms with Gasteiger partial charge in [0.05, 0.1) is 0 Å². The van der Waals surface area contributed by atoms with E-state index in [1.807, 2.05) is 0 Å². The van der Waals surface area contributed by atoms with Crippen LogP contribution in [0.5, 0.6) is 0 Å². The van der Waals surface area contributed by atoms with Crippen molar-refractivity contribution in [3.05, 3.63) is 0 Å². The number of rotatable bonds is 4. The summed E-state index contributed by atoms with van der Waals surface area (Å²) in [6, 6.07) is 0. The third-order valence-corrected chi connectivity index (χ3v) is 3.28. The highest BCUT2D eigenvalue weighted by Gasteiger charge is 2.45. The Hall–Kier alpha value is -1.10. The van der Waals surface area contributed by atoms with Gasteiger partial charge in [0.2, 0.25) is 0 Å². The molecule has 1 rings (SSSR count). The topological polar surface area (TPSA) is 75.6 Å². The summed E-state index contributed by atoms with van der Waals surface area (Å²) >= 11 is 0. The molecule has 16 heavy (non-hydrogen) atoms. The van der Waals surface area contributed by atoms with E-state index < -0.39 is 17.1 Å². The van der Waals surface area contributed by atoms with Crippen LogP contribution in [0.4, 0.5) is 0 Å². The van der Waals surface area contributed by atoms with Crippen LogP contribution in [-0.2, 0) is 14.3 Å². The van der Waals surface area contributed by atoms with Gasteiger partial charge in [0.25, 0.3) is 5.91 Å². The molecule has 1 amide bonds. The molecule has 0 aliphatic heterocycles. The fourth-order valence-electron chi connectivity index (χ4n) is 1.83. The van der Waals surface area contributed by atoms with E-state index >= 15 is 0 Å². The van der Waals surface area contributed by atoms with Crippen molar-refractivity contribution in [3.63, 3.8) is 0 Å². The molecular formula is C11H19NO4. The van der Waals surface area contributed by atoms with Gasteiger partial charge < -0.3 is 15.2 Å². The molecule has 0 bridgehead atoms. The highest BCUT2D eigenvalue weighted by atomic mass is 16.5. The second-order valence-electron chi connectivity index (χ2n) is 4.76. The van der Waals surface area contributed by atoms with Crippen molar-refractivity contribution in [2.75, 3.05) is 7.11 Å². The minimum absolute atomic E-state index is 0.376. The van der Waals surface area contributed by atoms with Crippen LogP contribution in [0.3, 0.4) is 0 Å². The van der Waals surface area contributed by atoms with Gasteiger partial charge in [0.15, 0.2) is 0 Å². The molecule has 2 N–H and O–H groups in total. The summed E-state index contributed by atoms with van der Waals surface area (Å²) in [6.07, 6.45) is 2.65. The van der Waals surface area contributed by atoms with Crippen LogP contribution in [0.2, 0.25) is 0 Å². The second-order valence-corrected chi connectivity index (χ2v) is 4.76. The first kappa shape index (κ1) is 13.0. The van der Waals surface area contributed by atoms with E-state index in [1.165, 1.54) is 7.11 Å². The summed E-state index contributed by atoms with van der Waals surface area (Å²) in [6.45, 7) is 3.24. The van der Waals surface area contributed by atoms with Crippen LogP contribution in [0, 0.1) is 0 Å². The highest BCUT2D eigenvalue weighted by molar-refractivity contribution is 5.91. The van der Waals surface area contributed by atoms with E-state index in [1.54, 1.807) is 13.8 Å². The predicted octanol–water partition coefficient (Wildman–Crippen LogP) is 0.925. The normalized spacial score (nSPS) is 19.4. The van der Waals surface area contributed by atoms with E-state index in [-0.39, 0.29) is 5.91 Å². The lowest BCUT2D eigenvalue weighted by atomic mass is 9.96. The van der Waals surface area contributed by atoms with E-state index in [2.05, 4.69) is 5.32 Å². The molecule has 1 aliphatic carbocycles. The van der Waals surface area contributed by atoms with Gasteiger partial charge in [-0.15, -0.1) is 0 Å². The number of nitrogens with one attached hydrogen (secondary N) is 1. The molecule has 0 aromatic heterocycles. The molecule has 0 atom stereocenters. The molecule has 5 heteroatoms. The van der Waals surface area contributed by atoms with Gasteiger partial charge in [-0.3, -0.25) is 4.79 Å². The van der Waals surface area contributed by atoms with Gasteiger partial charge in [-0.1, -0.05) is 12.8 Å². The van der Waals surface area contributed by atoms with E-state index in [4.69, 9.17) is 4.74 Å². The van der Waals surface area contributed by atoms with Crippen molar-refractivity contribution in [1.82, 2.24) is 5.32 Å². The number of hydrogen-bond acceptors (Lipinski definition) is 3. The molecular weight excluding hydrogens is 210 g/mol. The quantitative estimate of drug-likeness (QED) is 0.751. The third kappa shape index (κ3) is 2.35. The molecule has 0 heterocycles. The Kier molecular flexibility index (Phi) is 3.57. The first-order valence-electron chi connectivity index (χ1n) is 5.45. The highest BCUT2D eigenvalue weighted by Crippen LogP contribution is 2.30. The molecule has 1 aliphatic rings. The molecule has 5 nitrogen and oxygen atoms in total. The summed E-state index contributed by atoms with van der Waals surface area (Å²) < 4.78 is 5.03. The molecule has 0 spiro atoms. The zero-order chi connectivity index (χ0) is 12.4. The average molecular weight is 229 g/mol. The fraction of sp³-hybridized carbons (Fsp3) is 0.818. The Labute approximate surface area is 95.2 Å². The average Bonchev–Trinajstić information content (AvgIpc) is 2.67. The number of carboxylic acid groups (broad SMARTS) is 1. The van der Waals surface area contributed by atoms with E-state index in [9.17, 15) is 14.7 Å². The Morgan fingerprint density at radius 1 is 1.31 bits per heavy atom. The molecule has 0 unspecified atom stereocenters. The fourth-order valence-corrected chi connectivity index (χ4v) is 1.83. The predicted molar refractivity (Wildman–Crippen MR) is 58.1 cm³/mol. The largest absolute Gasteiger partial charge is 0.480 e. The van der Waals surface area contributed by atoms with Crippen LogP contribution in [-0.4, -0.2) is 35.2 Å². The van der Waals surface area contributed by atoms with E-state index in [0.717, 1.165) is 12.8 Å². The summed E-state index contributed by atoms with van der Waals surface area (Å²) in [5.74, 6) is -1.33. The van der Waals surface area contributed by atoms with Crippen LogP contribution >= 0.6 is 0 Å². The van der Waals surface area contributed by atoms with Crippen LogP contribution < -0.4 is 5.32 Å². The number of methoxy groups -OCH3 is 1. The minimum atomic E-state index is -1.09. The lowest BCUT2D eigenvalue weighted by Crippen LogP contribution is -2.57. The molecule has 0 radical (unpaired) electrons. The summed E-state index contributed by atoms with van der Waals surface area (Å²) in [4.78, 5) is 23.1. The smallest absolute Gasteiger partial charge is 0.329 e. The van der Waals surface area contributed by atoms with Crippen LogP contribution in [0.1, 0.15) is 39.5 Å². The second kappa shape index (κ2) is 4.41. The Morgan fingerprint density at radius 3 is 2.19 bits per heavy atom. The van der Waals surface area contributed by atoms with Crippen molar-refractivity contribution in [3.8, 4) is 0 Å². The Bertz CT molecular complexity index is 292. The summed E-state index contributed by atoms with van der Waals surface area (Å²) in [5, 5.41) is 11.8. The number of carboxylic acids is 1. The number of ether oxygens (including phenoxy) is 1. The van der Waals surface area contributed by atoms with Gasteiger partial charge in [-0.05, 0) is 26.7 Å². The maximum Gasteiger partial charge on any atom is 0.329 e. The van der Waals surface area contributed by atoms with Gasteiger partial charge in [0, 0.05) is 7.11 Å². The van der Waals surface area contributed by atoms with Crippen molar-refractivity contribution in [1.29, 1.82) is 0 Å². The van der Waals surface area contributed by atoms with Crippen LogP contribution in [0.25, 0.3) is 0 Å². The first-order valence-corrected chi connectivity index (χ1v) is 5.45. The summed E-state index contributed by atoms with van der Waals surface area (Å²) in [7, 11) is 1.43. The molecule has 0 aromatic rings. The van der Waals surface area contributed by atoms with Gasteiger partial charge in [0.1, 0.15) is 11.1 Å². The monoisotopic (exact) mass is 229 g/mol. The lowest BCUT2D eigenvalue weighted by Gasteiger charge is -2.30. The lowest BCUT2D eigenvalue weighted by molar-refractivity contribution is -0.152. The maximum absolute atomic E-state index is 11.9. The molecule has 92 valence electrons. The van der Waals surface area contributed by atoms with Gasteiger partial charge in [-0.2, -0.15) is 0 Å². The van der Waals surface area contributed by atoms with E-state index in [0.29, 0.717) is 12.8 Å². The van der Waals surface area contributed by atoms with Gasteiger partial charge >= 0.3 is 5.97 Å². The molecule has 1 fully saturated rings. The number of aliphatic carboxylic acids is 1. The number of carbonyl (C=O) groups is 2. The van der Waals surface area contributed by atoms with Crippen molar-refractivity contribution < 1.29 is 19.4 Å². The molecule has 1 saturated carbocycles. The molecule has 0 aromatic carbocycles. The van der Waals surface area contributed by atoms with Crippen molar-refractivity contribution >= 4 is 11.9 Å². The summed E-state index contributed by atoms with van der Waals surface area (Å²) in [5.41, 5.74) is -2.09. The number of amides is 1. The molecule has 0 saturated heterocycles. The first-order chi connectivity index (χ1) is 7.34. The number of hydrogen-bond donors (Lipinski definition) is 2. The standard InChI is InChI=1S/C11H19NO4/c1-10(2,16-3)8(13)12-11(9(14)15)6-4-5-7-11/h4-7H2,1-3H3,(H,12,13)(H,14,15). The minimum Gasteiger partial charge on any atom is -0.480 e.